The van der Waals surface area contributed by atoms with Gasteiger partial charge in [-0.05, 0) is 34.9 Å². The van der Waals surface area contributed by atoms with Gasteiger partial charge >= 0.3 is 5.97 Å². The van der Waals surface area contributed by atoms with E-state index in [1.165, 1.54) is 36.4 Å². The molecule has 0 spiro atoms. The quantitative estimate of drug-likeness (QED) is 0.464. The molecule has 0 saturated heterocycles. The van der Waals surface area contributed by atoms with Crippen molar-refractivity contribution in [2.45, 2.75) is 17.4 Å². The van der Waals surface area contributed by atoms with E-state index >= 15 is 0 Å². The number of non-ortho nitro benzene ring substituents is 1. The SMILES string of the molecule is O=C(O)[C@@H](Cc1ccc([N+](=O)[O-])cc1)NS(=O)(=O)c1ccc2ccccc2c1. The maximum Gasteiger partial charge on any atom is 0.322 e. The summed E-state index contributed by atoms with van der Waals surface area (Å²) in [6.07, 6.45) is -0.153. The number of carboxylic acids is 1. The molecule has 1 atom stereocenters. The number of fused-ring (bicyclic) bond motifs is 1. The third kappa shape index (κ3) is 4.33. The molecule has 8 nitrogen and oxygen atoms in total. The fraction of sp³-hybridized carbons (Fsp3) is 0.105. The van der Waals surface area contributed by atoms with Gasteiger partial charge in [0, 0.05) is 12.1 Å². The molecule has 3 aromatic rings. The lowest BCUT2D eigenvalue weighted by Crippen LogP contribution is -2.42. The minimum absolute atomic E-state index is 0.0406. The molecule has 0 saturated carbocycles. The molecular formula is C19H16N2O6S. The summed E-state index contributed by atoms with van der Waals surface area (Å²) < 4.78 is 27.5. The molecule has 0 aliphatic rings. The number of nitro benzene ring substituents is 1. The average molecular weight is 400 g/mol. The third-order valence-corrected chi connectivity index (χ3v) is 5.68. The predicted molar refractivity (Wildman–Crippen MR) is 102 cm³/mol. The Labute approximate surface area is 160 Å². The van der Waals surface area contributed by atoms with Crippen molar-refractivity contribution in [2.24, 2.45) is 0 Å². The van der Waals surface area contributed by atoms with E-state index in [-0.39, 0.29) is 17.0 Å². The summed E-state index contributed by atoms with van der Waals surface area (Å²) >= 11 is 0. The minimum Gasteiger partial charge on any atom is -0.480 e. The molecule has 9 heteroatoms. The van der Waals surface area contributed by atoms with E-state index in [0.717, 1.165) is 5.39 Å². The maximum absolute atomic E-state index is 12.7. The molecule has 0 unspecified atom stereocenters. The zero-order valence-electron chi connectivity index (χ0n) is 14.5. The van der Waals surface area contributed by atoms with Crippen LogP contribution in [0.15, 0.2) is 71.6 Å². The van der Waals surface area contributed by atoms with Crippen molar-refractivity contribution in [3.05, 3.63) is 82.4 Å². The van der Waals surface area contributed by atoms with Crippen LogP contribution < -0.4 is 4.72 Å². The number of nitro groups is 1. The van der Waals surface area contributed by atoms with Gasteiger partial charge in [0.05, 0.1) is 9.82 Å². The van der Waals surface area contributed by atoms with Gasteiger partial charge in [-0.2, -0.15) is 4.72 Å². The van der Waals surface area contributed by atoms with E-state index in [0.29, 0.717) is 10.9 Å². The van der Waals surface area contributed by atoms with Gasteiger partial charge in [0.2, 0.25) is 10.0 Å². The molecule has 0 fully saturated rings. The van der Waals surface area contributed by atoms with Crippen molar-refractivity contribution in [2.75, 3.05) is 0 Å². The zero-order valence-corrected chi connectivity index (χ0v) is 15.3. The number of rotatable bonds is 7. The summed E-state index contributed by atoms with van der Waals surface area (Å²) in [5.41, 5.74) is 0.326. The number of carbonyl (C=O) groups is 1. The molecule has 0 heterocycles. The van der Waals surface area contributed by atoms with Gasteiger partial charge in [0.25, 0.3) is 5.69 Å². The first-order chi connectivity index (χ1) is 13.3. The predicted octanol–water partition coefficient (Wildman–Crippen LogP) is 2.72. The molecule has 28 heavy (non-hydrogen) atoms. The monoisotopic (exact) mass is 400 g/mol. The first kappa shape index (κ1) is 19.5. The van der Waals surface area contributed by atoms with Crippen LogP contribution in [-0.2, 0) is 21.2 Å². The Hall–Kier alpha value is -3.30. The number of benzene rings is 3. The van der Waals surface area contributed by atoms with Crippen LogP contribution >= 0.6 is 0 Å². The van der Waals surface area contributed by atoms with Crippen molar-refractivity contribution < 1.29 is 23.2 Å². The zero-order chi connectivity index (χ0) is 20.3. The Morgan fingerprint density at radius 2 is 1.68 bits per heavy atom. The molecule has 3 aromatic carbocycles. The van der Waals surface area contributed by atoms with Crippen molar-refractivity contribution >= 4 is 32.5 Å². The van der Waals surface area contributed by atoms with E-state index in [1.807, 2.05) is 12.1 Å². The van der Waals surface area contributed by atoms with Gasteiger partial charge in [-0.3, -0.25) is 14.9 Å². The maximum atomic E-state index is 12.7. The fourth-order valence-electron chi connectivity index (χ4n) is 2.76. The van der Waals surface area contributed by atoms with Gasteiger partial charge in [0.1, 0.15) is 6.04 Å². The summed E-state index contributed by atoms with van der Waals surface area (Å²) in [4.78, 5) is 21.7. The van der Waals surface area contributed by atoms with Crippen LogP contribution in [-0.4, -0.2) is 30.5 Å². The second kappa shape index (κ2) is 7.75. The number of sulfonamides is 1. The lowest BCUT2D eigenvalue weighted by atomic mass is 10.1. The van der Waals surface area contributed by atoms with E-state index < -0.39 is 27.0 Å². The fourth-order valence-corrected chi connectivity index (χ4v) is 3.98. The first-order valence-electron chi connectivity index (χ1n) is 8.23. The Morgan fingerprint density at radius 1 is 1.04 bits per heavy atom. The van der Waals surface area contributed by atoms with Gasteiger partial charge < -0.3 is 5.11 Å². The largest absolute Gasteiger partial charge is 0.480 e. The van der Waals surface area contributed by atoms with Gasteiger partial charge in [0.15, 0.2) is 0 Å². The number of nitrogens with one attached hydrogen (secondary N) is 1. The van der Waals surface area contributed by atoms with E-state index in [9.17, 15) is 28.4 Å². The van der Waals surface area contributed by atoms with Crippen LogP contribution in [0.25, 0.3) is 10.8 Å². The number of carboxylic acid groups (broad SMARTS) is 1. The van der Waals surface area contributed by atoms with Crippen LogP contribution in [0.4, 0.5) is 5.69 Å². The molecule has 0 radical (unpaired) electrons. The molecule has 144 valence electrons. The van der Waals surface area contributed by atoms with Gasteiger partial charge in [-0.25, -0.2) is 8.42 Å². The Balaban J connectivity index is 1.83. The molecule has 0 aliphatic carbocycles. The highest BCUT2D eigenvalue weighted by Crippen LogP contribution is 2.20. The lowest BCUT2D eigenvalue weighted by molar-refractivity contribution is -0.384. The Morgan fingerprint density at radius 3 is 2.29 bits per heavy atom. The topological polar surface area (TPSA) is 127 Å². The second-order valence-corrected chi connectivity index (χ2v) is 7.86. The van der Waals surface area contributed by atoms with E-state index in [2.05, 4.69) is 4.72 Å². The van der Waals surface area contributed by atoms with Gasteiger partial charge in [-0.15, -0.1) is 0 Å². The molecule has 0 aromatic heterocycles. The lowest BCUT2D eigenvalue weighted by Gasteiger charge is -2.15. The van der Waals surface area contributed by atoms with Crippen molar-refractivity contribution in [1.82, 2.24) is 4.72 Å². The Bertz CT molecular complexity index is 1140. The summed E-state index contributed by atoms with van der Waals surface area (Å²) in [5, 5.41) is 21.7. The smallest absolute Gasteiger partial charge is 0.322 e. The van der Waals surface area contributed by atoms with Crippen LogP contribution in [0.1, 0.15) is 5.56 Å². The highest BCUT2D eigenvalue weighted by molar-refractivity contribution is 7.89. The third-order valence-electron chi connectivity index (χ3n) is 4.21. The average Bonchev–Trinajstić information content (AvgIpc) is 2.67. The van der Waals surface area contributed by atoms with Crippen LogP contribution in [0.3, 0.4) is 0 Å². The van der Waals surface area contributed by atoms with Gasteiger partial charge in [-0.1, -0.05) is 42.5 Å². The number of nitrogens with zero attached hydrogens (tertiary/aromatic N) is 1. The minimum atomic E-state index is -4.08. The van der Waals surface area contributed by atoms with Crippen molar-refractivity contribution in [3.63, 3.8) is 0 Å². The Kier molecular flexibility index (Phi) is 5.39. The molecular weight excluding hydrogens is 384 g/mol. The highest BCUT2D eigenvalue weighted by Gasteiger charge is 2.26. The summed E-state index contributed by atoms with van der Waals surface area (Å²) in [6.45, 7) is 0. The normalized spacial score (nSPS) is 12.6. The molecule has 0 amide bonds. The number of hydrogen-bond donors (Lipinski definition) is 2. The number of aliphatic carboxylic acids is 1. The molecule has 0 bridgehead atoms. The molecule has 0 aliphatic heterocycles. The number of hydrogen-bond acceptors (Lipinski definition) is 5. The molecule has 3 rings (SSSR count). The summed E-state index contributed by atoms with van der Waals surface area (Å²) in [6, 6.07) is 15.6. The van der Waals surface area contributed by atoms with Crippen molar-refractivity contribution in [3.8, 4) is 0 Å². The second-order valence-electron chi connectivity index (χ2n) is 6.15. The highest BCUT2D eigenvalue weighted by atomic mass is 32.2. The summed E-state index contributed by atoms with van der Waals surface area (Å²) in [5.74, 6) is -1.34. The van der Waals surface area contributed by atoms with Crippen molar-refractivity contribution in [1.29, 1.82) is 0 Å². The summed E-state index contributed by atoms with van der Waals surface area (Å²) in [7, 11) is -4.08. The van der Waals surface area contributed by atoms with Crippen LogP contribution in [0.2, 0.25) is 0 Å². The van der Waals surface area contributed by atoms with Crippen LogP contribution in [0, 0.1) is 10.1 Å². The van der Waals surface area contributed by atoms with E-state index in [4.69, 9.17) is 0 Å². The van der Waals surface area contributed by atoms with E-state index in [1.54, 1.807) is 18.2 Å². The molecule has 2 N–H and O–H groups in total. The standard InChI is InChI=1S/C19H16N2O6S/c22-19(23)18(11-13-5-8-16(9-6-13)21(24)25)20-28(26,27)17-10-7-14-3-1-2-4-15(14)12-17/h1-10,12,18,20H,11H2,(H,22,23)/t18-/m1/s1. The first-order valence-corrected chi connectivity index (χ1v) is 9.72. The van der Waals surface area contributed by atoms with Crippen LogP contribution in [0.5, 0.6) is 0 Å².